The van der Waals surface area contributed by atoms with Crippen molar-refractivity contribution in [3.63, 3.8) is 0 Å². The van der Waals surface area contributed by atoms with Gasteiger partial charge >= 0.3 is 0 Å². The van der Waals surface area contributed by atoms with E-state index in [2.05, 4.69) is 44.6 Å². The highest BCUT2D eigenvalue weighted by molar-refractivity contribution is 7.18. The summed E-state index contributed by atoms with van der Waals surface area (Å²) in [6, 6.07) is 7.56. The normalized spacial score (nSPS) is 14.8. The number of hydrogen-bond acceptors (Lipinski definition) is 6. The third kappa shape index (κ3) is 3.58. The van der Waals surface area contributed by atoms with E-state index in [-0.39, 0.29) is 17.7 Å². The number of thiophene rings is 1. The van der Waals surface area contributed by atoms with E-state index in [4.69, 9.17) is 0 Å². The Labute approximate surface area is 189 Å². The zero-order chi connectivity index (χ0) is 22.2. The van der Waals surface area contributed by atoms with E-state index >= 15 is 0 Å². The van der Waals surface area contributed by atoms with Gasteiger partial charge in [0, 0.05) is 41.0 Å². The van der Waals surface area contributed by atoms with Crippen LogP contribution in [-0.4, -0.2) is 39.9 Å². The molecule has 4 aromatic rings. The van der Waals surface area contributed by atoms with Gasteiger partial charge in [-0.3, -0.25) is 20.4 Å². The lowest BCUT2D eigenvalue weighted by Crippen LogP contribution is -2.47. The average molecular weight is 449 g/mol. The highest BCUT2D eigenvalue weighted by atomic mass is 32.1. The van der Waals surface area contributed by atoms with Gasteiger partial charge in [-0.2, -0.15) is 0 Å². The zero-order valence-corrected chi connectivity index (χ0v) is 18.8. The van der Waals surface area contributed by atoms with Crippen LogP contribution in [-0.2, 0) is 4.79 Å². The maximum absolute atomic E-state index is 12.7. The summed E-state index contributed by atoms with van der Waals surface area (Å²) in [4.78, 5) is 41.7. The molecule has 8 nitrogen and oxygen atoms in total. The number of carbonyl (C=O) groups excluding carboxylic acids is 2. The summed E-state index contributed by atoms with van der Waals surface area (Å²) in [7, 11) is 0. The van der Waals surface area contributed by atoms with Gasteiger partial charge in [0.2, 0.25) is 5.91 Å². The number of aromatic amines is 1. The Kier molecular flexibility index (Phi) is 5.26. The summed E-state index contributed by atoms with van der Waals surface area (Å²) in [5.41, 5.74) is 7.78. The fraction of sp³-hybridized carbons (Fsp3) is 0.304. The lowest BCUT2D eigenvalue weighted by atomic mass is 9.96. The largest absolute Gasteiger partial charge is 0.360 e. The molecule has 5 rings (SSSR count). The molecule has 0 unspecified atom stereocenters. The van der Waals surface area contributed by atoms with E-state index in [0.29, 0.717) is 18.4 Å². The Morgan fingerprint density at radius 1 is 1.12 bits per heavy atom. The average Bonchev–Trinajstić information content (AvgIpc) is 3.38. The monoisotopic (exact) mass is 448 g/mol. The molecule has 3 aromatic heterocycles. The quantitative estimate of drug-likeness (QED) is 0.417. The number of piperidine rings is 1. The smallest absolute Gasteiger partial charge is 0.271 e. The van der Waals surface area contributed by atoms with Crippen LogP contribution in [0.1, 0.15) is 33.6 Å². The molecule has 1 aliphatic rings. The number of hydrogen-bond donors (Lipinski definition) is 3. The van der Waals surface area contributed by atoms with Crippen LogP contribution in [0.2, 0.25) is 0 Å². The second kappa shape index (κ2) is 8.23. The first kappa shape index (κ1) is 20.4. The summed E-state index contributed by atoms with van der Waals surface area (Å²) in [5.74, 6) is 0.300. The molecule has 1 aliphatic heterocycles. The predicted molar refractivity (Wildman–Crippen MR) is 126 cm³/mol. The van der Waals surface area contributed by atoms with E-state index in [1.165, 1.54) is 10.4 Å². The minimum atomic E-state index is -0.333. The van der Waals surface area contributed by atoms with Gasteiger partial charge in [0.15, 0.2) is 0 Å². The number of H-pyrrole nitrogens is 1. The number of carbonyl (C=O) groups is 2. The molecule has 1 fully saturated rings. The molecule has 0 radical (unpaired) electrons. The van der Waals surface area contributed by atoms with Crippen molar-refractivity contribution in [3.05, 3.63) is 52.8 Å². The first-order valence-corrected chi connectivity index (χ1v) is 11.5. The Hall–Kier alpha value is -3.46. The van der Waals surface area contributed by atoms with Gasteiger partial charge in [0.05, 0.1) is 10.9 Å². The van der Waals surface area contributed by atoms with Crippen LogP contribution < -0.4 is 15.8 Å². The SMILES string of the molecule is Cc1sc2ncnc(N3CCC(C(=O)NNC(=O)c4c[nH]c5ccccc45)CC3)c2c1C. The fourth-order valence-electron chi connectivity index (χ4n) is 4.30. The number of aryl methyl sites for hydroxylation is 2. The highest BCUT2D eigenvalue weighted by Crippen LogP contribution is 2.35. The molecule has 2 amide bonds. The van der Waals surface area contributed by atoms with Gasteiger partial charge in [0.1, 0.15) is 17.0 Å². The van der Waals surface area contributed by atoms with Gasteiger partial charge in [-0.1, -0.05) is 18.2 Å². The number of benzene rings is 1. The maximum atomic E-state index is 12.7. The lowest BCUT2D eigenvalue weighted by molar-refractivity contribution is -0.126. The molecule has 0 spiro atoms. The van der Waals surface area contributed by atoms with Crippen LogP contribution in [0.25, 0.3) is 21.1 Å². The third-order valence-electron chi connectivity index (χ3n) is 6.24. The van der Waals surface area contributed by atoms with Crippen LogP contribution in [0.15, 0.2) is 36.8 Å². The van der Waals surface area contributed by atoms with Gasteiger partial charge < -0.3 is 9.88 Å². The van der Waals surface area contributed by atoms with E-state index in [9.17, 15) is 9.59 Å². The molecule has 3 N–H and O–H groups in total. The molecule has 1 saturated heterocycles. The molecule has 0 saturated carbocycles. The Bertz CT molecular complexity index is 1320. The highest BCUT2D eigenvalue weighted by Gasteiger charge is 2.27. The van der Waals surface area contributed by atoms with Crippen molar-refractivity contribution in [2.75, 3.05) is 18.0 Å². The number of rotatable bonds is 3. The number of fused-ring (bicyclic) bond motifs is 2. The summed E-state index contributed by atoms with van der Waals surface area (Å²) in [6.45, 7) is 5.67. The molecule has 0 atom stereocenters. The van der Waals surface area contributed by atoms with Crippen molar-refractivity contribution in [1.82, 2.24) is 25.8 Å². The predicted octanol–water partition coefficient (Wildman–Crippen LogP) is 3.47. The summed E-state index contributed by atoms with van der Waals surface area (Å²) < 4.78 is 0. The van der Waals surface area contributed by atoms with Crippen LogP contribution in [0.5, 0.6) is 0 Å². The molecule has 0 aliphatic carbocycles. The first-order chi connectivity index (χ1) is 15.5. The van der Waals surface area contributed by atoms with Crippen molar-refractivity contribution in [2.45, 2.75) is 26.7 Å². The molecular weight excluding hydrogens is 424 g/mol. The van der Waals surface area contributed by atoms with Crippen molar-refractivity contribution in [3.8, 4) is 0 Å². The fourth-order valence-corrected chi connectivity index (χ4v) is 5.30. The van der Waals surface area contributed by atoms with Crippen molar-refractivity contribution in [2.24, 2.45) is 5.92 Å². The number of hydrazine groups is 1. The molecule has 32 heavy (non-hydrogen) atoms. The summed E-state index contributed by atoms with van der Waals surface area (Å²) >= 11 is 1.69. The van der Waals surface area contributed by atoms with Gasteiger partial charge in [0.25, 0.3) is 5.91 Å². The third-order valence-corrected chi connectivity index (χ3v) is 7.36. The number of anilines is 1. The van der Waals surface area contributed by atoms with Gasteiger partial charge in [-0.15, -0.1) is 11.3 Å². The van der Waals surface area contributed by atoms with Crippen molar-refractivity contribution >= 4 is 50.1 Å². The number of amides is 2. The summed E-state index contributed by atoms with van der Waals surface area (Å²) in [6.07, 6.45) is 4.66. The molecule has 0 bridgehead atoms. The van der Waals surface area contributed by atoms with Crippen molar-refractivity contribution < 1.29 is 9.59 Å². The summed E-state index contributed by atoms with van der Waals surface area (Å²) in [5, 5.41) is 1.94. The van der Waals surface area contributed by atoms with E-state index < -0.39 is 0 Å². The molecular formula is C23H24N6O2S. The minimum absolute atomic E-state index is 0.155. The van der Waals surface area contributed by atoms with Crippen LogP contribution in [0, 0.1) is 19.8 Å². The molecule has 164 valence electrons. The molecule has 1 aromatic carbocycles. The Morgan fingerprint density at radius 3 is 2.72 bits per heavy atom. The van der Waals surface area contributed by atoms with Crippen LogP contribution in [0.3, 0.4) is 0 Å². The van der Waals surface area contributed by atoms with E-state index in [0.717, 1.165) is 40.0 Å². The minimum Gasteiger partial charge on any atom is -0.360 e. The Balaban J connectivity index is 1.20. The second-order valence-electron chi connectivity index (χ2n) is 8.11. The van der Waals surface area contributed by atoms with Gasteiger partial charge in [-0.25, -0.2) is 9.97 Å². The number of aromatic nitrogens is 3. The Morgan fingerprint density at radius 2 is 1.91 bits per heavy atom. The number of nitrogens with zero attached hydrogens (tertiary/aromatic N) is 3. The first-order valence-electron chi connectivity index (χ1n) is 10.6. The standard InChI is InChI=1S/C23H24N6O2S/c1-13-14(2)32-23-19(13)20(25-12-26-23)29-9-7-15(8-10-29)21(30)27-28-22(31)17-11-24-18-6-4-3-5-16(17)18/h3-6,11-12,15,24H,7-10H2,1-2H3,(H,27,30)(H,28,31). The topological polar surface area (TPSA) is 103 Å². The van der Waals surface area contributed by atoms with E-state index in [1.807, 2.05) is 24.3 Å². The van der Waals surface area contributed by atoms with Crippen molar-refractivity contribution in [1.29, 1.82) is 0 Å². The maximum Gasteiger partial charge on any atom is 0.271 e. The number of para-hydroxylation sites is 1. The van der Waals surface area contributed by atoms with Gasteiger partial charge in [-0.05, 0) is 38.3 Å². The van der Waals surface area contributed by atoms with Crippen LogP contribution >= 0.6 is 11.3 Å². The molecule has 9 heteroatoms. The molecule has 4 heterocycles. The number of nitrogens with one attached hydrogen (secondary N) is 3. The van der Waals surface area contributed by atoms with E-state index in [1.54, 1.807) is 23.9 Å². The lowest BCUT2D eigenvalue weighted by Gasteiger charge is -2.32. The zero-order valence-electron chi connectivity index (χ0n) is 17.9. The second-order valence-corrected chi connectivity index (χ2v) is 9.32. The van der Waals surface area contributed by atoms with Crippen LogP contribution in [0.4, 0.5) is 5.82 Å².